The average Bonchev–Trinajstić information content (AvgIpc) is 2.82. The van der Waals surface area contributed by atoms with Crippen molar-refractivity contribution in [2.75, 3.05) is 30.1 Å². The fourth-order valence-electron chi connectivity index (χ4n) is 3.34. The molecule has 35 heavy (non-hydrogen) atoms. The van der Waals surface area contributed by atoms with Crippen molar-refractivity contribution in [3.8, 4) is 11.5 Å². The Balaban J connectivity index is 2.11. The van der Waals surface area contributed by atoms with Gasteiger partial charge in [-0.25, -0.2) is 12.8 Å². The highest BCUT2D eigenvalue weighted by atomic mass is 32.2. The van der Waals surface area contributed by atoms with Gasteiger partial charge in [0.1, 0.15) is 5.82 Å². The quantitative estimate of drug-likeness (QED) is 0.464. The largest absolute Gasteiger partial charge is 0.493 e. The van der Waals surface area contributed by atoms with Crippen LogP contribution in [-0.2, 0) is 16.6 Å². The van der Waals surface area contributed by atoms with Crippen LogP contribution in [0, 0.1) is 5.82 Å². The summed E-state index contributed by atoms with van der Waals surface area (Å²) in [6, 6.07) is 14.2. The molecule has 3 aromatic rings. The molecule has 11 heteroatoms. The zero-order valence-electron chi connectivity index (χ0n) is 19.2. The van der Waals surface area contributed by atoms with Gasteiger partial charge in [-0.15, -0.1) is 0 Å². The molecular formula is C24H24FN3O6S. The average molecular weight is 502 g/mol. The molecule has 3 N–H and O–H groups in total. The molecule has 3 rings (SSSR count). The molecule has 0 spiro atoms. The summed E-state index contributed by atoms with van der Waals surface area (Å²) < 4.78 is 51.5. The van der Waals surface area contributed by atoms with Gasteiger partial charge in [-0.2, -0.15) is 0 Å². The van der Waals surface area contributed by atoms with Crippen molar-refractivity contribution in [2.45, 2.75) is 6.54 Å². The number of halogens is 1. The van der Waals surface area contributed by atoms with E-state index in [9.17, 15) is 22.4 Å². The molecule has 184 valence electrons. The number of methoxy groups -OCH3 is 2. The number of nitrogens with one attached hydrogen (secondary N) is 1. The van der Waals surface area contributed by atoms with Crippen LogP contribution in [0.5, 0.6) is 11.5 Å². The monoisotopic (exact) mass is 501 g/mol. The second-order valence-corrected chi connectivity index (χ2v) is 9.39. The minimum absolute atomic E-state index is 0.0420. The van der Waals surface area contributed by atoms with Crippen molar-refractivity contribution < 1.29 is 31.9 Å². The van der Waals surface area contributed by atoms with E-state index in [1.54, 1.807) is 6.07 Å². The summed E-state index contributed by atoms with van der Waals surface area (Å²) in [5.41, 5.74) is 5.83. The predicted molar refractivity (Wildman–Crippen MR) is 130 cm³/mol. The number of carbonyl (C=O) groups excluding carboxylic acids is 2. The molecule has 0 heterocycles. The maximum atomic E-state index is 14.4. The van der Waals surface area contributed by atoms with E-state index in [0.29, 0.717) is 5.69 Å². The number of amides is 2. The lowest BCUT2D eigenvalue weighted by atomic mass is 10.1. The van der Waals surface area contributed by atoms with Crippen LogP contribution in [-0.4, -0.2) is 40.7 Å². The molecule has 9 nitrogen and oxygen atoms in total. The van der Waals surface area contributed by atoms with Crippen LogP contribution < -0.4 is 24.8 Å². The first-order valence-electron chi connectivity index (χ1n) is 10.2. The number of hydrogen-bond acceptors (Lipinski definition) is 6. The lowest BCUT2D eigenvalue weighted by molar-refractivity contribution is 0.0998. The Bertz CT molecular complexity index is 1360. The Morgan fingerprint density at radius 1 is 1.00 bits per heavy atom. The highest BCUT2D eigenvalue weighted by molar-refractivity contribution is 7.92. The number of benzene rings is 3. The third-order valence-electron chi connectivity index (χ3n) is 5.11. The number of rotatable bonds is 9. The molecule has 0 aliphatic heterocycles. The van der Waals surface area contributed by atoms with Crippen LogP contribution in [0.1, 0.15) is 26.3 Å². The summed E-state index contributed by atoms with van der Waals surface area (Å²) in [4.78, 5) is 24.6. The first-order valence-corrected chi connectivity index (χ1v) is 12.1. The van der Waals surface area contributed by atoms with Crippen molar-refractivity contribution in [1.82, 2.24) is 0 Å². The summed E-state index contributed by atoms with van der Waals surface area (Å²) in [6.07, 6.45) is 0.953. The molecule has 0 aliphatic rings. The maximum Gasteiger partial charge on any atom is 0.257 e. The first kappa shape index (κ1) is 25.5. The number of ether oxygens (including phenoxy) is 2. The van der Waals surface area contributed by atoms with Crippen LogP contribution in [0.2, 0.25) is 0 Å². The normalized spacial score (nSPS) is 11.0. The minimum Gasteiger partial charge on any atom is -0.493 e. The number of primary amides is 1. The van der Waals surface area contributed by atoms with Gasteiger partial charge < -0.3 is 20.5 Å². The SMILES string of the molecule is COc1cc(C(=O)Nc2ccc(C(N)=O)cc2)c(N(Cc2ccccc2F)S(C)(=O)=O)cc1OC. The Hall–Kier alpha value is -4.12. The zero-order chi connectivity index (χ0) is 25.8. The van der Waals surface area contributed by atoms with E-state index in [1.165, 1.54) is 68.8 Å². The number of sulfonamides is 1. The van der Waals surface area contributed by atoms with E-state index in [-0.39, 0.29) is 40.4 Å². The Kier molecular flexibility index (Phi) is 7.60. The Morgan fingerprint density at radius 2 is 1.60 bits per heavy atom. The molecule has 0 aromatic heterocycles. The Morgan fingerprint density at radius 3 is 2.14 bits per heavy atom. The molecule has 3 aromatic carbocycles. The lowest BCUT2D eigenvalue weighted by Crippen LogP contribution is -2.32. The molecule has 0 atom stereocenters. The smallest absolute Gasteiger partial charge is 0.257 e. The van der Waals surface area contributed by atoms with E-state index in [2.05, 4.69) is 5.32 Å². The summed E-state index contributed by atoms with van der Waals surface area (Å²) >= 11 is 0. The Labute approximate surface area is 202 Å². The molecule has 0 radical (unpaired) electrons. The molecule has 0 unspecified atom stereocenters. The minimum atomic E-state index is -3.98. The summed E-state index contributed by atoms with van der Waals surface area (Å²) in [5.74, 6) is -1.53. The van der Waals surface area contributed by atoms with Crippen molar-refractivity contribution >= 4 is 33.2 Å². The van der Waals surface area contributed by atoms with Crippen molar-refractivity contribution in [3.63, 3.8) is 0 Å². The summed E-state index contributed by atoms with van der Waals surface area (Å²) in [7, 11) is -1.25. The second-order valence-electron chi connectivity index (χ2n) is 7.48. The van der Waals surface area contributed by atoms with Crippen molar-refractivity contribution in [1.29, 1.82) is 0 Å². The lowest BCUT2D eigenvalue weighted by Gasteiger charge is -2.26. The summed E-state index contributed by atoms with van der Waals surface area (Å²) in [6.45, 7) is -0.366. The van der Waals surface area contributed by atoms with Crippen LogP contribution in [0.4, 0.5) is 15.8 Å². The van der Waals surface area contributed by atoms with Crippen LogP contribution in [0.15, 0.2) is 60.7 Å². The van der Waals surface area contributed by atoms with Crippen LogP contribution in [0.3, 0.4) is 0 Å². The van der Waals surface area contributed by atoms with Gasteiger partial charge in [-0.3, -0.25) is 13.9 Å². The molecular weight excluding hydrogens is 477 g/mol. The van der Waals surface area contributed by atoms with Crippen LogP contribution >= 0.6 is 0 Å². The standard InChI is InChI=1S/C24H24FN3O6S/c1-33-21-12-18(24(30)27-17-10-8-15(9-11-17)23(26)29)20(13-22(21)34-2)28(35(3,31)32)14-16-6-4-5-7-19(16)25/h4-13H,14H2,1-3H3,(H2,26,29)(H,27,30). The third kappa shape index (κ3) is 5.87. The zero-order valence-corrected chi connectivity index (χ0v) is 20.1. The van der Waals surface area contributed by atoms with Gasteiger partial charge >= 0.3 is 0 Å². The topological polar surface area (TPSA) is 128 Å². The van der Waals surface area contributed by atoms with E-state index < -0.39 is 27.7 Å². The highest BCUT2D eigenvalue weighted by Gasteiger charge is 2.27. The van der Waals surface area contributed by atoms with Gasteiger partial charge in [0.2, 0.25) is 15.9 Å². The predicted octanol–water partition coefficient (Wildman–Crippen LogP) is 3.16. The number of nitrogens with zero attached hydrogens (tertiary/aromatic N) is 1. The van der Waals surface area contributed by atoms with E-state index >= 15 is 0 Å². The highest BCUT2D eigenvalue weighted by Crippen LogP contribution is 2.37. The molecule has 0 saturated heterocycles. The maximum absolute atomic E-state index is 14.4. The fourth-order valence-corrected chi connectivity index (χ4v) is 4.22. The van der Waals surface area contributed by atoms with Crippen LogP contribution in [0.25, 0.3) is 0 Å². The first-order chi connectivity index (χ1) is 16.5. The van der Waals surface area contributed by atoms with E-state index in [4.69, 9.17) is 15.2 Å². The van der Waals surface area contributed by atoms with Gasteiger partial charge in [-0.1, -0.05) is 18.2 Å². The summed E-state index contributed by atoms with van der Waals surface area (Å²) in [5, 5.41) is 2.65. The molecule has 0 saturated carbocycles. The number of carbonyl (C=O) groups is 2. The molecule has 0 bridgehead atoms. The van der Waals surface area contributed by atoms with E-state index in [0.717, 1.165) is 10.6 Å². The second kappa shape index (κ2) is 10.4. The number of hydrogen-bond donors (Lipinski definition) is 2. The third-order valence-corrected chi connectivity index (χ3v) is 6.24. The van der Waals surface area contributed by atoms with Gasteiger partial charge in [-0.05, 0) is 36.4 Å². The van der Waals surface area contributed by atoms with Gasteiger partial charge in [0.25, 0.3) is 5.91 Å². The van der Waals surface area contributed by atoms with Crippen molar-refractivity contribution in [3.05, 3.63) is 83.2 Å². The molecule has 2 amide bonds. The molecule has 0 fully saturated rings. The van der Waals surface area contributed by atoms with E-state index in [1.807, 2.05) is 0 Å². The fraction of sp³-hybridized carbons (Fsp3) is 0.167. The molecule has 0 aliphatic carbocycles. The number of anilines is 2. The van der Waals surface area contributed by atoms with Crippen molar-refractivity contribution in [2.24, 2.45) is 5.73 Å². The number of nitrogens with two attached hydrogens (primary N) is 1. The van der Waals surface area contributed by atoms with Gasteiger partial charge in [0.05, 0.1) is 38.3 Å². The van der Waals surface area contributed by atoms with Gasteiger partial charge in [0, 0.05) is 22.9 Å². The van der Waals surface area contributed by atoms with Gasteiger partial charge in [0.15, 0.2) is 11.5 Å².